The highest BCUT2D eigenvalue weighted by Gasteiger charge is 2.20. The van der Waals surface area contributed by atoms with Gasteiger partial charge in [-0.05, 0) is 108 Å². The quantitative estimate of drug-likeness (QED) is 0.105. The summed E-state index contributed by atoms with van der Waals surface area (Å²) in [6, 6.07) is 25.6. The van der Waals surface area contributed by atoms with E-state index in [9.17, 15) is 9.35 Å². The van der Waals surface area contributed by atoms with Gasteiger partial charge in [0, 0.05) is 54.6 Å². The van der Waals surface area contributed by atoms with Crippen molar-refractivity contribution in [3.8, 4) is 16.9 Å². The van der Waals surface area contributed by atoms with Crippen molar-refractivity contribution >= 4 is 34.5 Å². The number of amides is 1. The summed E-state index contributed by atoms with van der Waals surface area (Å²) >= 11 is -1.20. The molecule has 5 rings (SSSR count). The van der Waals surface area contributed by atoms with Gasteiger partial charge in [-0.2, -0.15) is 0 Å². The number of anilines is 2. The van der Waals surface area contributed by atoms with Gasteiger partial charge >= 0.3 is 0 Å². The van der Waals surface area contributed by atoms with Crippen molar-refractivity contribution in [2.24, 2.45) is 0 Å². The van der Waals surface area contributed by atoms with Crippen LogP contribution in [0.1, 0.15) is 50.7 Å². The fourth-order valence-electron chi connectivity index (χ4n) is 5.38. The first-order chi connectivity index (χ1) is 22.5. The van der Waals surface area contributed by atoms with Gasteiger partial charge in [0.05, 0.1) is 6.61 Å². The minimum atomic E-state index is -1.20. The third kappa shape index (κ3) is 9.22. The molecule has 8 heteroatoms. The van der Waals surface area contributed by atoms with Crippen LogP contribution in [0.15, 0.2) is 102 Å². The van der Waals surface area contributed by atoms with Gasteiger partial charge in [0.2, 0.25) is 0 Å². The molecule has 1 aliphatic heterocycles. The zero-order chi connectivity index (χ0) is 32.1. The summed E-state index contributed by atoms with van der Waals surface area (Å²) in [5, 5.41) is 3.06. The van der Waals surface area contributed by atoms with E-state index in [1.807, 2.05) is 54.6 Å². The van der Waals surface area contributed by atoms with E-state index in [4.69, 9.17) is 9.47 Å². The molecular formula is C38H43N3O4S. The highest BCUT2D eigenvalue weighted by atomic mass is 32.2. The predicted octanol–water partition coefficient (Wildman–Crippen LogP) is 7.89. The van der Waals surface area contributed by atoms with E-state index in [1.165, 1.54) is 0 Å². The lowest BCUT2D eigenvalue weighted by Crippen LogP contribution is -2.26. The van der Waals surface area contributed by atoms with Crippen LogP contribution in [-0.4, -0.2) is 48.4 Å². The lowest BCUT2D eigenvalue weighted by molar-refractivity contribution is -0.112. The maximum Gasteiger partial charge on any atom is 0.251 e. The topological polar surface area (TPSA) is 86.8 Å². The predicted molar refractivity (Wildman–Crippen MR) is 188 cm³/mol. The Morgan fingerprint density at radius 1 is 0.957 bits per heavy atom. The Morgan fingerprint density at radius 2 is 1.76 bits per heavy atom. The van der Waals surface area contributed by atoms with Crippen LogP contribution in [0, 0.1) is 0 Å². The minimum Gasteiger partial charge on any atom is -0.611 e. The molecule has 1 aliphatic rings. The summed E-state index contributed by atoms with van der Waals surface area (Å²) in [6.45, 7) is 7.89. The summed E-state index contributed by atoms with van der Waals surface area (Å²) in [4.78, 5) is 20.7. The van der Waals surface area contributed by atoms with Gasteiger partial charge in [-0.15, -0.1) is 0 Å². The Morgan fingerprint density at radius 3 is 2.50 bits per heavy atom. The summed E-state index contributed by atoms with van der Waals surface area (Å²) in [5.41, 5.74) is 6.65. The van der Waals surface area contributed by atoms with Gasteiger partial charge in [0.25, 0.3) is 5.91 Å². The molecule has 7 nitrogen and oxygen atoms in total. The van der Waals surface area contributed by atoms with Crippen molar-refractivity contribution in [2.75, 3.05) is 43.1 Å². The Hall–Kier alpha value is -4.11. The average molecular weight is 638 g/mol. The van der Waals surface area contributed by atoms with Crippen LogP contribution >= 0.6 is 0 Å². The molecule has 1 N–H and O–H groups in total. The third-order valence-electron chi connectivity index (χ3n) is 7.86. The molecule has 1 atom stereocenters. The highest BCUT2D eigenvalue weighted by molar-refractivity contribution is 7.90. The third-order valence-corrected chi connectivity index (χ3v) is 9.25. The number of ether oxygens (including phenoxy) is 2. The van der Waals surface area contributed by atoms with Gasteiger partial charge < -0.3 is 24.2 Å². The van der Waals surface area contributed by atoms with E-state index in [-0.39, 0.29) is 5.91 Å². The van der Waals surface area contributed by atoms with E-state index >= 15 is 0 Å². The number of hydrogen-bond donors (Lipinski definition) is 1. The smallest absolute Gasteiger partial charge is 0.251 e. The number of hydrogen-bond acceptors (Lipinski definition) is 6. The second-order valence-corrected chi connectivity index (χ2v) is 12.8. The zero-order valence-corrected chi connectivity index (χ0v) is 27.6. The molecule has 240 valence electrons. The van der Waals surface area contributed by atoms with E-state index < -0.39 is 11.2 Å². The standard InChI is InChI=1S/C38H43N3O4S/c1-3-5-22-44-23-24-45-35-13-8-30(9-14-35)31-10-17-37-33(25-31)26-32(18-21-41(37)20-4-2)38(42)40-34-11-15-36(16-12-34)46(43)28-29-7-6-19-39-27-29/h6-17,19,25-27H,3-5,18,20-24,28H2,1-2H3,(H,40,42). The van der Waals surface area contributed by atoms with Crippen LogP contribution in [-0.2, 0) is 26.5 Å². The van der Waals surface area contributed by atoms with E-state index in [0.717, 1.165) is 78.2 Å². The lowest BCUT2D eigenvalue weighted by atomic mass is 10.00. The number of aromatic nitrogens is 1. The summed E-state index contributed by atoms with van der Waals surface area (Å²) < 4.78 is 24.3. The normalized spacial score (nSPS) is 13.4. The molecule has 2 heterocycles. The molecule has 3 aromatic carbocycles. The summed E-state index contributed by atoms with van der Waals surface area (Å²) in [6.07, 6.45) is 9.31. The molecule has 1 aromatic heterocycles. The fraction of sp³-hybridized carbons (Fsp3) is 0.316. The Labute approximate surface area is 275 Å². The van der Waals surface area contributed by atoms with Gasteiger partial charge in [-0.3, -0.25) is 9.78 Å². The molecule has 0 saturated heterocycles. The maximum absolute atomic E-state index is 13.5. The van der Waals surface area contributed by atoms with Gasteiger partial charge in [0.1, 0.15) is 18.1 Å². The largest absolute Gasteiger partial charge is 0.611 e. The van der Waals surface area contributed by atoms with Gasteiger partial charge in [-0.25, -0.2) is 0 Å². The van der Waals surface area contributed by atoms with Crippen molar-refractivity contribution in [1.29, 1.82) is 0 Å². The molecule has 0 saturated carbocycles. The number of nitrogens with one attached hydrogen (secondary N) is 1. The van der Waals surface area contributed by atoms with Crippen LogP contribution < -0.4 is 15.0 Å². The average Bonchev–Trinajstić information content (AvgIpc) is 3.27. The van der Waals surface area contributed by atoms with Gasteiger partial charge in [-0.1, -0.05) is 44.5 Å². The van der Waals surface area contributed by atoms with Crippen molar-refractivity contribution in [3.63, 3.8) is 0 Å². The van der Waals surface area contributed by atoms with Crippen LogP contribution in [0.5, 0.6) is 5.75 Å². The van der Waals surface area contributed by atoms with Crippen molar-refractivity contribution in [2.45, 2.75) is 50.2 Å². The molecule has 0 radical (unpaired) electrons. The summed E-state index contributed by atoms with van der Waals surface area (Å²) in [7, 11) is 0. The van der Waals surface area contributed by atoms with Crippen LogP contribution in [0.2, 0.25) is 0 Å². The fourth-order valence-corrected chi connectivity index (χ4v) is 6.46. The van der Waals surface area contributed by atoms with Crippen molar-refractivity contribution < 1.29 is 18.8 Å². The molecule has 0 spiro atoms. The molecule has 0 fully saturated rings. The summed E-state index contributed by atoms with van der Waals surface area (Å²) in [5.74, 6) is 1.09. The van der Waals surface area contributed by atoms with Crippen LogP contribution in [0.4, 0.5) is 11.4 Å². The number of carbonyl (C=O) groups excluding carboxylic acids is 1. The highest BCUT2D eigenvalue weighted by Crippen LogP contribution is 2.33. The van der Waals surface area contributed by atoms with Gasteiger partial charge in [0.15, 0.2) is 4.90 Å². The molecule has 46 heavy (non-hydrogen) atoms. The van der Waals surface area contributed by atoms with E-state index in [2.05, 4.69) is 59.4 Å². The molecular weight excluding hydrogens is 595 g/mol. The number of pyridine rings is 1. The number of nitrogens with zero attached hydrogens (tertiary/aromatic N) is 2. The minimum absolute atomic E-state index is 0.126. The number of unbranched alkanes of at least 4 members (excludes halogenated alkanes) is 1. The number of benzene rings is 3. The van der Waals surface area contributed by atoms with Crippen molar-refractivity contribution in [1.82, 2.24) is 4.98 Å². The molecule has 1 unspecified atom stereocenters. The van der Waals surface area contributed by atoms with E-state index in [0.29, 0.717) is 36.0 Å². The van der Waals surface area contributed by atoms with E-state index in [1.54, 1.807) is 12.4 Å². The monoisotopic (exact) mass is 637 g/mol. The second-order valence-electron chi connectivity index (χ2n) is 11.3. The molecule has 1 amide bonds. The molecule has 4 aromatic rings. The Balaban J connectivity index is 1.27. The van der Waals surface area contributed by atoms with Crippen LogP contribution in [0.25, 0.3) is 17.2 Å². The Kier molecular flexibility index (Phi) is 12.3. The number of carbonyl (C=O) groups is 1. The second kappa shape index (κ2) is 17.0. The number of fused-ring (bicyclic) bond motifs is 1. The first-order valence-corrected chi connectivity index (χ1v) is 17.4. The SMILES string of the molecule is CCCCOCCOc1ccc(-c2ccc3c(c2)C=C(C(=O)Nc2ccc([S+]([O-])Cc4cccnc4)cc2)CCN3CCC)cc1. The lowest BCUT2D eigenvalue weighted by Gasteiger charge is -2.25. The first-order valence-electron chi connectivity index (χ1n) is 16.1. The molecule has 0 aliphatic carbocycles. The van der Waals surface area contributed by atoms with Crippen molar-refractivity contribution in [3.05, 3.63) is 108 Å². The molecule has 0 bridgehead atoms. The Bertz CT molecular complexity index is 1580. The van der Waals surface area contributed by atoms with Crippen LogP contribution in [0.3, 0.4) is 0 Å². The first kappa shape index (κ1) is 33.3. The maximum atomic E-state index is 13.5. The number of rotatable bonds is 15. The zero-order valence-electron chi connectivity index (χ0n) is 26.7.